The van der Waals surface area contributed by atoms with E-state index in [0.717, 1.165) is 18.2 Å². The molecular formula is C6H17N6+. The van der Waals surface area contributed by atoms with Crippen molar-refractivity contribution in [3.8, 4) is 0 Å². The molecule has 2 saturated heterocycles. The van der Waals surface area contributed by atoms with Crippen molar-refractivity contribution in [1.29, 1.82) is 0 Å². The highest BCUT2D eigenvalue weighted by atomic mass is 15.6. The van der Waals surface area contributed by atoms with E-state index in [0.29, 0.717) is 12.1 Å². The summed E-state index contributed by atoms with van der Waals surface area (Å²) in [6, 6.07) is 0. The molecule has 4 atom stereocenters. The number of nitrogens with zero attached hydrogens (tertiary/aromatic N) is 1. The standard InChI is InChI=1S/C6H16N6/c1-11-6-4(2-10-11)5(7)12(8)3-9-6/h4-6,9-10H,2-3,7-8H2,1H3/p+1. The Balaban J connectivity index is 2.09. The number of rotatable bonds is 0. The van der Waals surface area contributed by atoms with Crippen LogP contribution < -0.4 is 27.3 Å². The first-order chi connectivity index (χ1) is 5.70. The van der Waals surface area contributed by atoms with Gasteiger partial charge in [0.15, 0.2) is 12.8 Å². The zero-order chi connectivity index (χ0) is 8.72. The molecule has 0 spiro atoms. The highest BCUT2D eigenvalue weighted by Gasteiger charge is 2.43. The first-order valence-electron chi connectivity index (χ1n) is 4.26. The van der Waals surface area contributed by atoms with Gasteiger partial charge in [0, 0.05) is 13.6 Å². The van der Waals surface area contributed by atoms with Crippen LogP contribution in [0.25, 0.3) is 0 Å². The van der Waals surface area contributed by atoms with Crippen LogP contribution in [-0.4, -0.2) is 37.6 Å². The summed E-state index contributed by atoms with van der Waals surface area (Å²) >= 11 is 0. The molecule has 0 aromatic heterocycles. The van der Waals surface area contributed by atoms with Crippen LogP contribution in [0.5, 0.6) is 0 Å². The summed E-state index contributed by atoms with van der Waals surface area (Å²) in [4.78, 5) is 0. The molecule has 6 heteroatoms. The normalized spacial score (nSPS) is 49.2. The Morgan fingerprint density at radius 3 is 3.08 bits per heavy atom. The van der Waals surface area contributed by atoms with E-state index in [4.69, 9.17) is 11.6 Å². The van der Waals surface area contributed by atoms with Crippen molar-refractivity contribution in [3.05, 3.63) is 0 Å². The van der Waals surface area contributed by atoms with Crippen LogP contribution in [0.15, 0.2) is 0 Å². The van der Waals surface area contributed by atoms with Gasteiger partial charge in [-0.25, -0.2) is 10.0 Å². The molecule has 2 rings (SSSR count). The minimum atomic E-state index is 0.0358. The van der Waals surface area contributed by atoms with E-state index >= 15 is 0 Å². The van der Waals surface area contributed by atoms with Gasteiger partial charge in [0.2, 0.25) is 0 Å². The van der Waals surface area contributed by atoms with E-state index < -0.39 is 0 Å². The van der Waals surface area contributed by atoms with Crippen LogP contribution >= 0.6 is 0 Å². The molecule has 0 aliphatic carbocycles. The number of nitrogens with one attached hydrogen (secondary N) is 3. The van der Waals surface area contributed by atoms with Crippen molar-refractivity contribution in [1.82, 2.24) is 15.8 Å². The number of hydrogen-bond acceptors (Lipinski definition) is 5. The second kappa shape index (κ2) is 2.91. The van der Waals surface area contributed by atoms with Crippen molar-refractivity contribution < 1.29 is 5.01 Å². The second-order valence-corrected chi connectivity index (χ2v) is 3.56. The molecule has 0 aromatic carbocycles. The fourth-order valence-electron chi connectivity index (χ4n) is 1.97. The Morgan fingerprint density at radius 2 is 2.33 bits per heavy atom. The summed E-state index contributed by atoms with van der Waals surface area (Å²) < 4.78 is 0. The third kappa shape index (κ3) is 1.13. The molecule has 7 N–H and O–H groups in total. The van der Waals surface area contributed by atoms with Crippen LogP contribution in [0.3, 0.4) is 0 Å². The van der Waals surface area contributed by atoms with E-state index in [1.54, 1.807) is 0 Å². The highest BCUT2D eigenvalue weighted by Crippen LogP contribution is 2.13. The summed E-state index contributed by atoms with van der Waals surface area (Å²) in [5.74, 6) is 6.17. The van der Waals surface area contributed by atoms with Gasteiger partial charge in [-0.2, -0.15) is 5.84 Å². The van der Waals surface area contributed by atoms with Gasteiger partial charge < -0.3 is 0 Å². The van der Waals surface area contributed by atoms with Crippen LogP contribution in [-0.2, 0) is 0 Å². The first-order valence-corrected chi connectivity index (χ1v) is 4.26. The van der Waals surface area contributed by atoms with Gasteiger partial charge in [0.05, 0.1) is 12.1 Å². The molecule has 12 heavy (non-hydrogen) atoms. The lowest BCUT2D eigenvalue weighted by Gasteiger charge is -2.36. The fraction of sp³-hybridized carbons (Fsp3) is 1.00. The van der Waals surface area contributed by atoms with Gasteiger partial charge in [-0.3, -0.25) is 16.5 Å². The number of hydrogen-bond donors (Lipinski definition) is 5. The molecule has 2 fully saturated rings. The first kappa shape index (κ1) is 8.36. The maximum Gasteiger partial charge on any atom is 0.164 e. The average Bonchev–Trinajstić information content (AvgIpc) is 2.41. The van der Waals surface area contributed by atoms with Crippen molar-refractivity contribution in [2.75, 3.05) is 20.3 Å². The minimum Gasteiger partial charge on any atom is -0.280 e. The molecule has 0 bridgehead atoms. The third-order valence-corrected chi connectivity index (χ3v) is 2.80. The van der Waals surface area contributed by atoms with E-state index in [1.807, 2.05) is 7.05 Å². The Hall–Kier alpha value is -0.240. The summed E-state index contributed by atoms with van der Waals surface area (Å²) in [6.45, 7) is 1.64. The van der Waals surface area contributed by atoms with E-state index in [-0.39, 0.29) is 6.17 Å². The lowest BCUT2D eigenvalue weighted by atomic mass is 10.0. The zero-order valence-corrected chi connectivity index (χ0v) is 7.25. The minimum absolute atomic E-state index is 0.0358. The number of quaternary nitrogens is 1. The van der Waals surface area contributed by atoms with Gasteiger partial charge in [0.1, 0.15) is 0 Å². The maximum absolute atomic E-state index is 5.96. The molecule has 0 amide bonds. The smallest absolute Gasteiger partial charge is 0.164 e. The number of hydrazine groups is 1. The van der Waals surface area contributed by atoms with E-state index in [9.17, 15) is 0 Å². The van der Waals surface area contributed by atoms with Gasteiger partial charge in [0.25, 0.3) is 0 Å². The Morgan fingerprint density at radius 1 is 1.58 bits per heavy atom. The quantitative estimate of drug-likeness (QED) is 0.241. The molecule has 0 saturated carbocycles. The second-order valence-electron chi connectivity index (χ2n) is 3.56. The summed E-state index contributed by atoms with van der Waals surface area (Å²) in [7, 11) is 2.02. The molecule has 0 radical (unpaired) electrons. The van der Waals surface area contributed by atoms with Gasteiger partial charge in [-0.1, -0.05) is 0 Å². The Kier molecular flexibility index (Phi) is 2.03. The SMILES string of the molecule is CN1NCC2C1NC[NH+](N)C2N. The molecule has 2 aliphatic rings. The summed E-state index contributed by atoms with van der Waals surface area (Å²) in [5.41, 5.74) is 9.19. The monoisotopic (exact) mass is 173 g/mol. The van der Waals surface area contributed by atoms with Crippen molar-refractivity contribution in [3.63, 3.8) is 0 Å². The molecule has 0 aromatic rings. The molecule has 70 valence electrons. The van der Waals surface area contributed by atoms with Gasteiger partial charge in [-0.15, -0.1) is 0 Å². The fourth-order valence-corrected chi connectivity index (χ4v) is 1.97. The van der Waals surface area contributed by atoms with Crippen LogP contribution in [0, 0.1) is 5.92 Å². The predicted octanol–water partition coefficient (Wildman–Crippen LogP) is -4.02. The third-order valence-electron chi connectivity index (χ3n) is 2.80. The van der Waals surface area contributed by atoms with E-state index in [2.05, 4.69) is 15.8 Å². The van der Waals surface area contributed by atoms with Crippen LogP contribution in [0.2, 0.25) is 0 Å². The van der Waals surface area contributed by atoms with Gasteiger partial charge >= 0.3 is 0 Å². The average molecular weight is 173 g/mol. The highest BCUT2D eigenvalue weighted by molar-refractivity contribution is 4.85. The summed E-state index contributed by atoms with van der Waals surface area (Å²) in [6.07, 6.45) is 0.376. The summed E-state index contributed by atoms with van der Waals surface area (Å²) in [5, 5.41) is 6.27. The Labute approximate surface area is 71.8 Å². The van der Waals surface area contributed by atoms with Crippen LogP contribution in [0.4, 0.5) is 0 Å². The molecular weight excluding hydrogens is 156 g/mol. The van der Waals surface area contributed by atoms with E-state index in [1.165, 1.54) is 0 Å². The largest absolute Gasteiger partial charge is 0.280 e. The maximum atomic E-state index is 5.96. The lowest BCUT2D eigenvalue weighted by Crippen LogP contribution is -3.26. The predicted molar refractivity (Wildman–Crippen MR) is 44.2 cm³/mol. The lowest BCUT2D eigenvalue weighted by molar-refractivity contribution is -0.950. The van der Waals surface area contributed by atoms with Crippen molar-refractivity contribution >= 4 is 0 Å². The molecule has 2 aliphatic heterocycles. The zero-order valence-electron chi connectivity index (χ0n) is 7.25. The molecule has 2 heterocycles. The van der Waals surface area contributed by atoms with Gasteiger partial charge in [-0.05, 0) is 0 Å². The number of fused-ring (bicyclic) bond motifs is 1. The van der Waals surface area contributed by atoms with Crippen LogP contribution in [0.1, 0.15) is 0 Å². The molecule has 6 nitrogen and oxygen atoms in total. The topological polar surface area (TPSA) is 83.8 Å². The molecule has 4 unspecified atom stereocenters. The van der Waals surface area contributed by atoms with Crippen molar-refractivity contribution in [2.24, 2.45) is 17.5 Å². The number of nitrogens with two attached hydrogens (primary N) is 2. The van der Waals surface area contributed by atoms with Crippen molar-refractivity contribution in [2.45, 2.75) is 12.3 Å². The Bertz CT molecular complexity index is 173.